The van der Waals surface area contributed by atoms with Crippen LogP contribution in [-0.2, 0) is 23.1 Å². The SMILES string of the molecule is Cn1cnnc1C1CN(C(=O)Cn2ncc3ccccc32)CCO1. The standard InChI is InChI=1S/C16H18N6O2/c1-20-11-17-19-16(20)14-9-21(6-7-24-14)15(23)10-22-13-5-3-2-4-12(13)8-18-22/h2-5,8,11,14H,6-7,9-10H2,1H3. The smallest absolute Gasteiger partial charge is 0.244 e. The normalized spacial score (nSPS) is 18.2. The molecule has 1 aliphatic heterocycles. The van der Waals surface area contributed by atoms with Crippen LogP contribution in [0.4, 0.5) is 0 Å². The third kappa shape index (κ3) is 2.65. The zero-order valence-electron chi connectivity index (χ0n) is 13.4. The zero-order valence-corrected chi connectivity index (χ0v) is 13.4. The minimum Gasteiger partial charge on any atom is -0.366 e. The number of rotatable bonds is 3. The molecule has 1 saturated heterocycles. The Morgan fingerprint density at radius 2 is 2.25 bits per heavy atom. The van der Waals surface area contributed by atoms with Crippen molar-refractivity contribution in [2.45, 2.75) is 12.6 Å². The van der Waals surface area contributed by atoms with Gasteiger partial charge in [0, 0.05) is 19.0 Å². The first-order valence-electron chi connectivity index (χ1n) is 7.86. The fourth-order valence-corrected chi connectivity index (χ4v) is 3.00. The van der Waals surface area contributed by atoms with E-state index in [4.69, 9.17) is 4.74 Å². The van der Waals surface area contributed by atoms with E-state index in [-0.39, 0.29) is 18.6 Å². The van der Waals surface area contributed by atoms with Crippen LogP contribution >= 0.6 is 0 Å². The van der Waals surface area contributed by atoms with Crippen molar-refractivity contribution < 1.29 is 9.53 Å². The molecule has 4 rings (SSSR count). The number of para-hydroxylation sites is 1. The Balaban J connectivity index is 1.49. The van der Waals surface area contributed by atoms with E-state index in [1.54, 1.807) is 22.1 Å². The van der Waals surface area contributed by atoms with Gasteiger partial charge in [-0.1, -0.05) is 18.2 Å². The van der Waals surface area contributed by atoms with Crippen LogP contribution in [0.2, 0.25) is 0 Å². The van der Waals surface area contributed by atoms with E-state index < -0.39 is 0 Å². The average Bonchev–Trinajstić information content (AvgIpc) is 3.22. The summed E-state index contributed by atoms with van der Waals surface area (Å²) < 4.78 is 9.31. The number of morpholine rings is 1. The van der Waals surface area contributed by atoms with Crippen LogP contribution in [0, 0.1) is 0 Å². The van der Waals surface area contributed by atoms with Gasteiger partial charge in [-0.15, -0.1) is 10.2 Å². The van der Waals surface area contributed by atoms with Gasteiger partial charge in [-0.3, -0.25) is 9.48 Å². The van der Waals surface area contributed by atoms with E-state index in [0.717, 1.165) is 16.7 Å². The molecule has 1 atom stereocenters. The maximum absolute atomic E-state index is 12.7. The predicted octanol–water partition coefficient (Wildman–Crippen LogP) is 0.765. The molecule has 1 amide bonds. The summed E-state index contributed by atoms with van der Waals surface area (Å²) in [4.78, 5) is 14.5. The number of amides is 1. The number of hydrogen-bond donors (Lipinski definition) is 0. The van der Waals surface area contributed by atoms with Gasteiger partial charge >= 0.3 is 0 Å². The topological polar surface area (TPSA) is 78.1 Å². The summed E-state index contributed by atoms with van der Waals surface area (Å²) >= 11 is 0. The van der Waals surface area contributed by atoms with Gasteiger partial charge < -0.3 is 14.2 Å². The van der Waals surface area contributed by atoms with Crippen molar-refractivity contribution in [3.05, 3.63) is 42.6 Å². The van der Waals surface area contributed by atoms with Crippen molar-refractivity contribution in [3.63, 3.8) is 0 Å². The molecule has 0 spiro atoms. The van der Waals surface area contributed by atoms with Crippen LogP contribution in [0.5, 0.6) is 0 Å². The Morgan fingerprint density at radius 1 is 1.38 bits per heavy atom. The molecule has 3 aromatic rings. The summed E-state index contributed by atoms with van der Waals surface area (Å²) in [6.07, 6.45) is 3.17. The minimum atomic E-state index is -0.246. The lowest BCUT2D eigenvalue weighted by molar-refractivity contribution is -0.140. The number of benzene rings is 1. The minimum absolute atomic E-state index is 0.0271. The Hall–Kier alpha value is -2.74. The summed E-state index contributed by atoms with van der Waals surface area (Å²) in [6, 6.07) is 7.87. The molecule has 0 aliphatic carbocycles. The molecule has 0 bridgehead atoms. The third-order valence-electron chi connectivity index (χ3n) is 4.29. The van der Waals surface area contributed by atoms with Crippen molar-refractivity contribution in [1.82, 2.24) is 29.4 Å². The first-order valence-corrected chi connectivity index (χ1v) is 7.86. The lowest BCUT2D eigenvalue weighted by Crippen LogP contribution is -2.44. The average molecular weight is 326 g/mol. The summed E-state index contributed by atoms with van der Waals surface area (Å²) in [5, 5.41) is 13.3. The van der Waals surface area contributed by atoms with Crippen LogP contribution in [0.3, 0.4) is 0 Å². The van der Waals surface area contributed by atoms with Crippen LogP contribution in [0.1, 0.15) is 11.9 Å². The second-order valence-electron chi connectivity index (χ2n) is 5.86. The lowest BCUT2D eigenvalue weighted by Gasteiger charge is -2.32. The van der Waals surface area contributed by atoms with Crippen LogP contribution < -0.4 is 0 Å². The number of ether oxygens (including phenoxy) is 1. The second-order valence-corrected chi connectivity index (χ2v) is 5.86. The Morgan fingerprint density at radius 3 is 3.08 bits per heavy atom. The van der Waals surface area contributed by atoms with Gasteiger partial charge in [0.2, 0.25) is 5.91 Å². The highest BCUT2D eigenvalue weighted by Crippen LogP contribution is 2.20. The van der Waals surface area contributed by atoms with Crippen LogP contribution in [-0.4, -0.2) is 55.0 Å². The largest absolute Gasteiger partial charge is 0.366 e. The highest BCUT2D eigenvalue weighted by atomic mass is 16.5. The van der Waals surface area contributed by atoms with Gasteiger partial charge in [-0.2, -0.15) is 5.10 Å². The number of aromatic nitrogens is 5. The van der Waals surface area contributed by atoms with E-state index in [0.29, 0.717) is 19.7 Å². The fraction of sp³-hybridized carbons (Fsp3) is 0.375. The first kappa shape index (κ1) is 14.8. The fourth-order valence-electron chi connectivity index (χ4n) is 3.00. The highest BCUT2D eigenvalue weighted by molar-refractivity contribution is 5.82. The zero-order chi connectivity index (χ0) is 16.5. The summed E-state index contributed by atoms with van der Waals surface area (Å²) in [6.45, 7) is 1.76. The quantitative estimate of drug-likeness (QED) is 0.710. The van der Waals surface area contributed by atoms with Crippen molar-refractivity contribution in [2.24, 2.45) is 7.05 Å². The van der Waals surface area contributed by atoms with E-state index in [9.17, 15) is 4.79 Å². The van der Waals surface area contributed by atoms with Gasteiger partial charge in [-0.05, 0) is 6.07 Å². The molecule has 124 valence electrons. The van der Waals surface area contributed by atoms with E-state index >= 15 is 0 Å². The molecule has 2 aromatic heterocycles. The number of hydrogen-bond acceptors (Lipinski definition) is 5. The maximum Gasteiger partial charge on any atom is 0.244 e. The van der Waals surface area contributed by atoms with Gasteiger partial charge in [0.25, 0.3) is 0 Å². The molecule has 1 aromatic carbocycles. The molecule has 24 heavy (non-hydrogen) atoms. The molecule has 0 N–H and O–H groups in total. The molecule has 3 heterocycles. The summed E-state index contributed by atoms with van der Waals surface area (Å²) in [7, 11) is 1.87. The van der Waals surface area contributed by atoms with E-state index in [1.165, 1.54) is 0 Å². The molecule has 8 heteroatoms. The number of carbonyl (C=O) groups excluding carboxylic acids is 1. The summed E-state index contributed by atoms with van der Waals surface area (Å²) in [5.74, 6) is 0.761. The molecule has 1 fully saturated rings. The number of fused-ring (bicyclic) bond motifs is 1. The van der Waals surface area contributed by atoms with Gasteiger partial charge in [-0.25, -0.2) is 0 Å². The molecular formula is C16H18N6O2. The van der Waals surface area contributed by atoms with Crippen molar-refractivity contribution in [3.8, 4) is 0 Å². The number of carbonyl (C=O) groups is 1. The third-order valence-corrected chi connectivity index (χ3v) is 4.29. The van der Waals surface area contributed by atoms with Crippen molar-refractivity contribution in [2.75, 3.05) is 19.7 Å². The molecule has 8 nitrogen and oxygen atoms in total. The van der Waals surface area contributed by atoms with Crippen molar-refractivity contribution in [1.29, 1.82) is 0 Å². The van der Waals surface area contributed by atoms with Crippen molar-refractivity contribution >= 4 is 16.8 Å². The lowest BCUT2D eigenvalue weighted by atomic mass is 10.2. The molecule has 0 saturated carbocycles. The second kappa shape index (κ2) is 6.04. The maximum atomic E-state index is 12.7. The first-order chi connectivity index (χ1) is 11.7. The molecular weight excluding hydrogens is 308 g/mol. The molecule has 0 radical (unpaired) electrons. The highest BCUT2D eigenvalue weighted by Gasteiger charge is 2.28. The Labute approximate surface area is 138 Å². The van der Waals surface area contributed by atoms with Crippen LogP contribution in [0.15, 0.2) is 36.8 Å². The monoisotopic (exact) mass is 326 g/mol. The Bertz CT molecular complexity index is 870. The summed E-state index contributed by atoms with van der Waals surface area (Å²) in [5.41, 5.74) is 0.962. The van der Waals surface area contributed by atoms with Gasteiger partial charge in [0.15, 0.2) is 5.82 Å². The van der Waals surface area contributed by atoms with Gasteiger partial charge in [0.1, 0.15) is 19.0 Å². The molecule has 1 unspecified atom stereocenters. The molecule has 1 aliphatic rings. The Kier molecular flexibility index (Phi) is 3.73. The number of nitrogens with zero attached hydrogens (tertiary/aromatic N) is 6. The van der Waals surface area contributed by atoms with E-state index in [2.05, 4.69) is 15.3 Å². The van der Waals surface area contributed by atoms with E-state index in [1.807, 2.05) is 35.9 Å². The van der Waals surface area contributed by atoms with Crippen LogP contribution in [0.25, 0.3) is 10.9 Å². The predicted molar refractivity (Wildman–Crippen MR) is 86.0 cm³/mol. The van der Waals surface area contributed by atoms with Gasteiger partial charge in [0.05, 0.1) is 24.9 Å². The number of aryl methyl sites for hydroxylation is 1.